The lowest BCUT2D eigenvalue weighted by molar-refractivity contribution is -0.0618. The molecular formula is C17H19N5O4S. The Morgan fingerprint density at radius 3 is 2.81 bits per heavy atom. The zero-order chi connectivity index (χ0) is 19.2. The lowest BCUT2D eigenvalue weighted by atomic mass is 9.93. The van der Waals surface area contributed by atoms with Crippen molar-refractivity contribution in [1.29, 1.82) is 0 Å². The summed E-state index contributed by atoms with van der Waals surface area (Å²) in [6.45, 7) is -0.232. The number of aliphatic hydroxyl groups excluding tert-OH is 1. The van der Waals surface area contributed by atoms with Crippen LogP contribution in [0.15, 0.2) is 45.3 Å². The number of benzene rings is 1. The number of carbonyl (C=O) groups excluding carboxylic acids is 1. The molecule has 0 aromatic heterocycles. The van der Waals surface area contributed by atoms with Crippen LogP contribution in [0.1, 0.15) is 16.8 Å². The number of thiol groups is 1. The number of aliphatic hydroxyl groups is 2. The Labute approximate surface area is 160 Å². The normalized spacial score (nSPS) is 35.0. The molecule has 0 amide bonds. The minimum Gasteiger partial charge on any atom is -0.394 e. The number of aliphatic imine (C=N–C) groups is 3. The highest BCUT2D eigenvalue weighted by molar-refractivity contribution is 7.81. The molecule has 3 aliphatic heterocycles. The first-order valence-corrected chi connectivity index (χ1v) is 8.85. The molecule has 0 spiro atoms. The molecule has 4 rings (SSSR count). The van der Waals surface area contributed by atoms with Crippen LogP contribution >= 0.6 is 12.6 Å². The van der Waals surface area contributed by atoms with Crippen molar-refractivity contribution in [2.45, 2.75) is 29.3 Å². The molecule has 3 heterocycles. The van der Waals surface area contributed by atoms with E-state index in [2.05, 4.69) is 27.6 Å². The molecule has 1 aromatic rings. The number of carbonyl (C=O) groups is 1. The van der Waals surface area contributed by atoms with Gasteiger partial charge in [-0.05, 0) is 0 Å². The summed E-state index contributed by atoms with van der Waals surface area (Å²) in [6.07, 6.45) is -0.0998. The van der Waals surface area contributed by atoms with Crippen LogP contribution in [-0.2, 0) is 4.74 Å². The van der Waals surface area contributed by atoms with E-state index in [1.54, 1.807) is 35.2 Å². The molecule has 1 aromatic carbocycles. The predicted molar refractivity (Wildman–Crippen MR) is 102 cm³/mol. The van der Waals surface area contributed by atoms with Gasteiger partial charge in [0.1, 0.15) is 36.0 Å². The zero-order valence-corrected chi connectivity index (χ0v) is 15.2. The van der Waals surface area contributed by atoms with Gasteiger partial charge in [-0.25, -0.2) is 9.98 Å². The molecular weight excluding hydrogens is 370 g/mol. The number of Topliss-reactive ketones (excluding diaryl/α,β-unsaturated/α-hetero) is 1. The van der Waals surface area contributed by atoms with Gasteiger partial charge in [0.2, 0.25) is 11.4 Å². The van der Waals surface area contributed by atoms with Gasteiger partial charge in [0.05, 0.1) is 6.61 Å². The van der Waals surface area contributed by atoms with Crippen LogP contribution in [-0.4, -0.2) is 75.0 Å². The Bertz CT molecular complexity index is 856. The number of ether oxygens (including phenoxy) is 1. The van der Waals surface area contributed by atoms with E-state index in [1.807, 2.05) is 0 Å². The molecule has 27 heavy (non-hydrogen) atoms. The second-order valence-electron chi connectivity index (χ2n) is 6.62. The molecule has 4 atom stereocenters. The largest absolute Gasteiger partial charge is 0.394 e. The lowest BCUT2D eigenvalue weighted by Crippen LogP contribution is -2.59. The molecule has 0 radical (unpaired) electrons. The second kappa shape index (κ2) is 6.50. The minimum atomic E-state index is -1.68. The van der Waals surface area contributed by atoms with Crippen LogP contribution in [0, 0.1) is 0 Å². The standard InChI is InChI=1S/C17H19N5O4S/c18-17(14(24)10-4-2-1-3-5-10)13-15(19-8-21-17)22(9-20-13)12-6-16(25,27)11(7-23)26-12/h1-5,8,11-12,23,25,27H,6-7,9,18H2/t11-,12-,16-,17?/m1/s1. The molecule has 1 fully saturated rings. The average Bonchev–Trinajstić information content (AvgIpc) is 3.23. The maximum absolute atomic E-state index is 13.0. The van der Waals surface area contributed by atoms with Crippen molar-refractivity contribution in [2.75, 3.05) is 13.3 Å². The summed E-state index contributed by atoms with van der Waals surface area (Å²) in [7, 11) is 0. The van der Waals surface area contributed by atoms with Gasteiger partial charge in [0.15, 0.2) is 5.84 Å². The summed E-state index contributed by atoms with van der Waals surface area (Å²) in [4.78, 5) is 25.9. The van der Waals surface area contributed by atoms with Crippen LogP contribution < -0.4 is 5.73 Å². The molecule has 10 heteroatoms. The van der Waals surface area contributed by atoms with Crippen molar-refractivity contribution in [3.63, 3.8) is 0 Å². The monoisotopic (exact) mass is 389 g/mol. The Kier molecular flexibility index (Phi) is 4.40. The first-order chi connectivity index (χ1) is 12.9. The number of amidine groups is 1. The fourth-order valence-corrected chi connectivity index (χ4v) is 3.69. The van der Waals surface area contributed by atoms with Crippen LogP contribution in [0.25, 0.3) is 0 Å². The van der Waals surface area contributed by atoms with E-state index in [-0.39, 0.29) is 25.4 Å². The maximum Gasteiger partial charge on any atom is 0.219 e. The highest BCUT2D eigenvalue weighted by atomic mass is 32.1. The van der Waals surface area contributed by atoms with Gasteiger partial charge in [0, 0.05) is 12.0 Å². The van der Waals surface area contributed by atoms with Crippen molar-refractivity contribution in [1.82, 2.24) is 4.90 Å². The fraction of sp³-hybridized carbons (Fsp3) is 0.412. The highest BCUT2D eigenvalue weighted by Gasteiger charge is 2.52. The van der Waals surface area contributed by atoms with Crippen LogP contribution in [0.5, 0.6) is 0 Å². The van der Waals surface area contributed by atoms with Crippen molar-refractivity contribution >= 4 is 36.3 Å². The van der Waals surface area contributed by atoms with Gasteiger partial charge in [-0.1, -0.05) is 30.3 Å². The third-order valence-electron chi connectivity index (χ3n) is 4.88. The summed E-state index contributed by atoms with van der Waals surface area (Å²) in [5.74, 6) is -0.0249. The van der Waals surface area contributed by atoms with E-state index < -0.39 is 28.7 Å². The van der Waals surface area contributed by atoms with E-state index in [0.717, 1.165) is 0 Å². The molecule has 142 valence electrons. The smallest absolute Gasteiger partial charge is 0.219 e. The van der Waals surface area contributed by atoms with E-state index in [0.29, 0.717) is 11.4 Å². The van der Waals surface area contributed by atoms with Crippen molar-refractivity contribution < 1.29 is 19.7 Å². The number of fused-ring (bicyclic) bond motifs is 1. The van der Waals surface area contributed by atoms with Crippen LogP contribution in [0.2, 0.25) is 0 Å². The first kappa shape index (κ1) is 18.3. The molecule has 1 unspecified atom stereocenters. The second-order valence-corrected chi connectivity index (χ2v) is 7.40. The fourth-order valence-electron chi connectivity index (χ4n) is 3.39. The lowest BCUT2D eigenvalue weighted by Gasteiger charge is -2.30. The van der Waals surface area contributed by atoms with E-state index in [4.69, 9.17) is 10.5 Å². The summed E-state index contributed by atoms with van der Waals surface area (Å²) in [5.41, 5.74) is 5.34. The summed E-state index contributed by atoms with van der Waals surface area (Å²) >= 11 is 4.17. The topological polar surface area (TPSA) is 133 Å². The minimum absolute atomic E-state index is 0.129. The SMILES string of the molecule is NC1(C(=O)c2ccccc2)N=CN=C2C1=NCN2[C@H]1C[C@@](O)(S)[C@@H](CO)O1. The zero-order valence-electron chi connectivity index (χ0n) is 14.3. The summed E-state index contributed by atoms with van der Waals surface area (Å²) < 4.78 is 5.70. The highest BCUT2D eigenvalue weighted by Crippen LogP contribution is 2.37. The van der Waals surface area contributed by atoms with E-state index >= 15 is 0 Å². The van der Waals surface area contributed by atoms with E-state index in [9.17, 15) is 15.0 Å². The Hall–Kier alpha value is -2.11. The van der Waals surface area contributed by atoms with Gasteiger partial charge in [-0.2, -0.15) is 0 Å². The van der Waals surface area contributed by atoms with Gasteiger partial charge in [0.25, 0.3) is 0 Å². The molecule has 0 saturated carbocycles. The van der Waals surface area contributed by atoms with Crippen molar-refractivity contribution in [3.8, 4) is 0 Å². The van der Waals surface area contributed by atoms with E-state index in [1.165, 1.54) is 6.34 Å². The van der Waals surface area contributed by atoms with Crippen LogP contribution in [0.4, 0.5) is 0 Å². The Balaban J connectivity index is 1.61. The maximum atomic E-state index is 13.0. The number of ketones is 1. The summed E-state index contributed by atoms with van der Waals surface area (Å²) in [5, 5.41) is 19.7. The molecule has 4 N–H and O–H groups in total. The summed E-state index contributed by atoms with van der Waals surface area (Å²) in [6, 6.07) is 8.63. The van der Waals surface area contributed by atoms with Gasteiger partial charge >= 0.3 is 0 Å². The molecule has 0 aliphatic carbocycles. The molecule has 0 bridgehead atoms. The third kappa shape index (κ3) is 2.89. The predicted octanol–water partition coefficient (Wildman–Crippen LogP) is -0.596. The average molecular weight is 389 g/mol. The van der Waals surface area contributed by atoms with Crippen molar-refractivity contribution in [3.05, 3.63) is 35.9 Å². The van der Waals surface area contributed by atoms with Crippen molar-refractivity contribution in [2.24, 2.45) is 20.7 Å². The number of hydrogen-bond acceptors (Lipinski definition) is 10. The molecule has 1 saturated heterocycles. The Morgan fingerprint density at radius 2 is 2.15 bits per heavy atom. The number of nitrogens with two attached hydrogens (primary N) is 1. The Morgan fingerprint density at radius 1 is 1.41 bits per heavy atom. The molecule has 9 nitrogen and oxygen atoms in total. The first-order valence-electron chi connectivity index (χ1n) is 8.40. The van der Waals surface area contributed by atoms with Gasteiger partial charge < -0.3 is 19.8 Å². The number of rotatable bonds is 4. The number of hydrogen-bond donors (Lipinski definition) is 4. The number of nitrogens with zero attached hydrogens (tertiary/aromatic N) is 4. The quantitative estimate of drug-likeness (QED) is 0.309. The third-order valence-corrected chi connectivity index (χ3v) is 5.35. The van der Waals surface area contributed by atoms with Gasteiger partial charge in [-0.3, -0.25) is 15.5 Å². The molecule has 3 aliphatic rings. The van der Waals surface area contributed by atoms with Crippen LogP contribution in [0.3, 0.4) is 0 Å². The van der Waals surface area contributed by atoms with Gasteiger partial charge in [-0.15, -0.1) is 12.6 Å².